The smallest absolute Gasteiger partial charge is 0.263 e. The van der Waals surface area contributed by atoms with Crippen molar-refractivity contribution in [3.63, 3.8) is 0 Å². The molecule has 9 heteroatoms. The molecular weight excluding hydrogens is 519 g/mol. The minimum absolute atomic E-state index is 0.0197. The summed E-state index contributed by atoms with van der Waals surface area (Å²) >= 11 is 2.97. The predicted octanol–water partition coefficient (Wildman–Crippen LogP) is 8.03. The number of ether oxygens (including phenoxy) is 1. The summed E-state index contributed by atoms with van der Waals surface area (Å²) in [6, 6.07) is 5.10. The summed E-state index contributed by atoms with van der Waals surface area (Å²) in [5.74, 6) is 1.31. The molecule has 0 bridgehead atoms. The van der Waals surface area contributed by atoms with E-state index in [9.17, 15) is 9.18 Å². The molecule has 216 valence electrons. The summed E-state index contributed by atoms with van der Waals surface area (Å²) in [7, 11) is 0. The first-order valence-corrected chi connectivity index (χ1v) is 16.5. The molecule has 1 saturated carbocycles. The Morgan fingerprint density at radius 2 is 1.58 bits per heavy atom. The fraction of sp³-hybridized carbons (Fsp3) is 0.690. The van der Waals surface area contributed by atoms with Crippen LogP contribution in [0.25, 0.3) is 0 Å². The van der Waals surface area contributed by atoms with Crippen LogP contribution in [0.15, 0.2) is 23.1 Å². The maximum Gasteiger partial charge on any atom is 0.263 e. The molecule has 5 rings (SSSR count). The number of thioether (sulfide) groups is 1. The van der Waals surface area contributed by atoms with Crippen LogP contribution in [-0.2, 0) is 4.79 Å². The Kier molecular flexibility index (Phi) is 16.6. The second kappa shape index (κ2) is 18.4. The van der Waals surface area contributed by atoms with Gasteiger partial charge in [0.25, 0.3) is 5.91 Å². The van der Waals surface area contributed by atoms with Gasteiger partial charge < -0.3 is 14.5 Å². The molecule has 0 N–H and O–H groups in total. The van der Waals surface area contributed by atoms with E-state index in [2.05, 4.69) is 9.27 Å². The molecule has 2 aliphatic heterocycles. The Morgan fingerprint density at radius 3 is 2.13 bits per heavy atom. The van der Waals surface area contributed by atoms with Crippen LogP contribution in [0.1, 0.15) is 99.2 Å². The van der Waals surface area contributed by atoms with E-state index in [1.165, 1.54) is 42.2 Å². The van der Waals surface area contributed by atoms with Crippen LogP contribution in [0.5, 0.6) is 5.75 Å². The van der Waals surface area contributed by atoms with Crippen molar-refractivity contribution < 1.29 is 13.9 Å². The predicted molar refractivity (Wildman–Crippen MR) is 161 cm³/mol. The number of hydrogen-bond acceptors (Lipinski definition) is 7. The van der Waals surface area contributed by atoms with Crippen LogP contribution in [0.2, 0.25) is 0 Å². The molecule has 1 aromatic carbocycles. The van der Waals surface area contributed by atoms with Crippen LogP contribution in [-0.4, -0.2) is 58.2 Å². The van der Waals surface area contributed by atoms with Gasteiger partial charge >= 0.3 is 0 Å². The number of amides is 1. The molecule has 38 heavy (non-hydrogen) atoms. The average molecular weight is 569 g/mol. The van der Waals surface area contributed by atoms with Crippen LogP contribution >= 0.6 is 23.3 Å². The standard InChI is InChI=1S/C21H25FN4O2S2.4C2H6/c1-29-15-4-5-17(16(22)12-15)28-18-8-11-26(20(18)27)14-6-9-25(10-7-14)21-23-19(24-30-21)13-2-3-13;4*1-2/h4-5,12-14,18H,2-3,6-11H2,1H3;4*1-2H3. The molecule has 1 aromatic heterocycles. The van der Waals surface area contributed by atoms with Gasteiger partial charge in [0.15, 0.2) is 17.7 Å². The van der Waals surface area contributed by atoms with Crippen LogP contribution < -0.4 is 9.64 Å². The molecule has 2 saturated heterocycles. The van der Waals surface area contributed by atoms with Crippen molar-refractivity contribution in [3.8, 4) is 5.75 Å². The van der Waals surface area contributed by atoms with Gasteiger partial charge in [0.2, 0.25) is 5.13 Å². The Bertz CT molecular complexity index is 931. The number of halogens is 1. The number of rotatable bonds is 6. The monoisotopic (exact) mass is 568 g/mol. The summed E-state index contributed by atoms with van der Waals surface area (Å²) in [6.07, 6.45) is 6.15. The van der Waals surface area contributed by atoms with Gasteiger partial charge in [-0.05, 0) is 50.1 Å². The highest BCUT2D eigenvalue weighted by atomic mass is 32.2. The van der Waals surface area contributed by atoms with Gasteiger partial charge in [0.05, 0.1) is 0 Å². The number of hydrogen-bond donors (Lipinski definition) is 0. The Hall–Kier alpha value is -1.87. The van der Waals surface area contributed by atoms with Crippen molar-refractivity contribution in [2.75, 3.05) is 30.8 Å². The molecule has 3 fully saturated rings. The number of aromatic nitrogens is 2. The van der Waals surface area contributed by atoms with Gasteiger partial charge in [-0.3, -0.25) is 4.79 Å². The van der Waals surface area contributed by atoms with Gasteiger partial charge in [-0.2, -0.15) is 4.37 Å². The van der Waals surface area contributed by atoms with E-state index in [0.29, 0.717) is 18.9 Å². The Balaban J connectivity index is 0.000000829. The topological polar surface area (TPSA) is 58.6 Å². The molecule has 3 heterocycles. The highest BCUT2D eigenvalue weighted by Gasteiger charge is 2.39. The molecule has 1 aliphatic carbocycles. The highest BCUT2D eigenvalue weighted by Crippen LogP contribution is 2.40. The van der Waals surface area contributed by atoms with Crippen molar-refractivity contribution in [2.45, 2.75) is 110 Å². The molecule has 1 unspecified atom stereocenters. The van der Waals surface area contributed by atoms with Crippen molar-refractivity contribution in [1.29, 1.82) is 0 Å². The third-order valence-electron chi connectivity index (χ3n) is 6.15. The number of carbonyl (C=O) groups excluding carboxylic acids is 1. The molecule has 1 atom stereocenters. The third-order valence-corrected chi connectivity index (χ3v) is 7.66. The van der Waals surface area contributed by atoms with E-state index in [1.54, 1.807) is 6.07 Å². The fourth-order valence-corrected chi connectivity index (χ4v) is 5.46. The lowest BCUT2D eigenvalue weighted by molar-refractivity contribution is -0.135. The second-order valence-corrected chi connectivity index (χ2v) is 9.76. The number of piperidine rings is 1. The van der Waals surface area contributed by atoms with Gasteiger partial charge in [0, 0.05) is 54.4 Å². The maximum atomic E-state index is 14.3. The minimum Gasteiger partial charge on any atom is -0.477 e. The van der Waals surface area contributed by atoms with Crippen LogP contribution in [0, 0.1) is 5.82 Å². The van der Waals surface area contributed by atoms with Gasteiger partial charge in [-0.25, -0.2) is 9.37 Å². The third kappa shape index (κ3) is 9.11. The zero-order chi connectivity index (χ0) is 28.7. The van der Waals surface area contributed by atoms with E-state index in [0.717, 1.165) is 41.8 Å². The minimum atomic E-state index is -0.595. The molecule has 6 nitrogen and oxygen atoms in total. The zero-order valence-electron chi connectivity index (χ0n) is 24.9. The lowest BCUT2D eigenvalue weighted by Gasteiger charge is -2.36. The first-order valence-electron chi connectivity index (χ1n) is 14.5. The van der Waals surface area contributed by atoms with Crippen molar-refractivity contribution in [1.82, 2.24) is 14.3 Å². The van der Waals surface area contributed by atoms with Crippen LogP contribution in [0.3, 0.4) is 0 Å². The molecular formula is C29H49FN4O2S2. The quantitative estimate of drug-likeness (QED) is 0.329. The first kappa shape index (κ1) is 34.2. The van der Waals surface area contributed by atoms with Crippen molar-refractivity contribution in [3.05, 3.63) is 29.8 Å². The fourth-order valence-electron chi connectivity index (χ4n) is 4.24. The summed E-state index contributed by atoms with van der Waals surface area (Å²) in [4.78, 5) is 22.7. The van der Waals surface area contributed by atoms with Crippen LogP contribution in [0.4, 0.5) is 9.52 Å². The summed E-state index contributed by atoms with van der Waals surface area (Å²) in [6.45, 7) is 18.4. The number of carbonyl (C=O) groups is 1. The van der Waals surface area contributed by atoms with E-state index in [-0.39, 0.29) is 17.7 Å². The molecule has 0 spiro atoms. The van der Waals surface area contributed by atoms with Gasteiger partial charge in [-0.15, -0.1) is 11.8 Å². The normalized spacial score (nSPS) is 18.6. The Morgan fingerprint density at radius 1 is 0.947 bits per heavy atom. The maximum absolute atomic E-state index is 14.3. The molecule has 1 amide bonds. The Labute approximate surface area is 238 Å². The summed E-state index contributed by atoms with van der Waals surface area (Å²) in [5, 5.41) is 1.01. The number of nitrogens with zero attached hydrogens (tertiary/aromatic N) is 4. The van der Waals surface area contributed by atoms with E-state index < -0.39 is 11.9 Å². The van der Waals surface area contributed by atoms with Gasteiger partial charge in [0.1, 0.15) is 5.82 Å². The highest BCUT2D eigenvalue weighted by molar-refractivity contribution is 7.98. The molecule has 0 radical (unpaired) electrons. The largest absolute Gasteiger partial charge is 0.477 e. The van der Waals surface area contributed by atoms with Gasteiger partial charge in [-0.1, -0.05) is 55.4 Å². The van der Waals surface area contributed by atoms with E-state index in [4.69, 9.17) is 9.72 Å². The number of likely N-dealkylation sites (tertiary alicyclic amines) is 1. The lowest BCUT2D eigenvalue weighted by Crippen LogP contribution is -2.47. The molecule has 2 aromatic rings. The number of anilines is 1. The summed E-state index contributed by atoms with van der Waals surface area (Å²) < 4.78 is 24.5. The summed E-state index contributed by atoms with van der Waals surface area (Å²) in [5.41, 5.74) is 0. The average Bonchev–Trinajstić information content (AvgIpc) is 3.62. The zero-order valence-corrected chi connectivity index (χ0v) is 26.6. The second-order valence-electron chi connectivity index (χ2n) is 8.15. The lowest BCUT2D eigenvalue weighted by atomic mass is 10.0. The SMILES string of the molecule is CC.CC.CC.CC.CSc1ccc(OC2CCN(C3CCN(c4nc(C5CC5)ns4)CC3)C2=O)c(F)c1. The van der Waals surface area contributed by atoms with E-state index in [1.807, 2.05) is 72.6 Å². The van der Waals surface area contributed by atoms with Crippen molar-refractivity contribution in [2.24, 2.45) is 0 Å². The van der Waals surface area contributed by atoms with Crippen molar-refractivity contribution >= 4 is 34.3 Å². The first-order chi connectivity index (χ1) is 18.6. The van der Waals surface area contributed by atoms with E-state index >= 15 is 0 Å². The number of benzene rings is 1. The molecule has 3 aliphatic rings.